The Balaban J connectivity index is 1.09. The molecular formula is C57H53B17N4S. The van der Waals surface area contributed by atoms with E-state index in [2.05, 4.69) is 253 Å². The van der Waals surface area contributed by atoms with Crippen molar-refractivity contribution in [2.45, 2.75) is 0 Å². The molecule has 0 radical (unpaired) electrons. The molecule has 4 nitrogen and oxygen atoms in total. The molecule has 9 aromatic carbocycles. The molecule has 0 saturated carbocycles. The second kappa shape index (κ2) is 19.7. The molecule has 0 atom stereocenters. The van der Waals surface area contributed by atoms with Gasteiger partial charge in [-0.2, -0.15) is 0 Å². The smallest absolute Gasteiger partial charge is 0.164 e. The van der Waals surface area contributed by atoms with Crippen molar-refractivity contribution in [1.82, 2.24) is 19.5 Å². The average molecular weight is 1010 g/mol. The zero-order valence-electron chi connectivity index (χ0n) is 49.2. The highest BCUT2D eigenvalue weighted by Crippen LogP contribution is 2.37. The molecule has 3 aromatic heterocycles. The molecule has 358 valence electrons. The third-order valence-electron chi connectivity index (χ3n) is 19.1. The van der Waals surface area contributed by atoms with Gasteiger partial charge in [-0.3, -0.25) is 0 Å². The molecule has 0 aliphatic carbocycles. The summed E-state index contributed by atoms with van der Waals surface area (Å²) < 4.78 is 5.16. The van der Waals surface area contributed by atoms with Crippen LogP contribution in [0, 0.1) is 0 Å². The van der Waals surface area contributed by atoms with Gasteiger partial charge in [0.2, 0.25) is 0 Å². The zero-order valence-corrected chi connectivity index (χ0v) is 50.0. The van der Waals surface area contributed by atoms with Crippen LogP contribution >= 0.6 is 11.3 Å². The van der Waals surface area contributed by atoms with E-state index in [0.717, 1.165) is 39.0 Å². The Morgan fingerprint density at radius 2 is 0.696 bits per heavy atom. The minimum atomic E-state index is 0.651. The quantitative estimate of drug-likeness (QED) is 0.149. The third-order valence-corrected chi connectivity index (χ3v) is 20.4. The van der Waals surface area contributed by atoms with E-state index >= 15 is 0 Å². The molecule has 79 heavy (non-hydrogen) atoms. The van der Waals surface area contributed by atoms with Crippen LogP contribution in [0.1, 0.15) is 0 Å². The van der Waals surface area contributed by atoms with Gasteiger partial charge < -0.3 is 4.57 Å². The molecule has 12 aromatic rings. The van der Waals surface area contributed by atoms with Gasteiger partial charge in [0.15, 0.2) is 17.5 Å². The monoisotopic (exact) mass is 1010 g/mol. The summed E-state index contributed by atoms with van der Waals surface area (Å²) in [4.78, 5) is 16.9. The first-order chi connectivity index (χ1) is 37.8. The molecule has 0 aliphatic rings. The third kappa shape index (κ3) is 8.23. The van der Waals surface area contributed by atoms with Crippen molar-refractivity contribution in [3.63, 3.8) is 0 Å². The number of hydrogen-bond donors (Lipinski definition) is 0. The Hall–Kier alpha value is -6.89. The largest absolute Gasteiger partial charge is 0.310 e. The SMILES string of the molecule is Bc1cc(-n2c3c(B)c(B)c(B)c(B)c3c3c(B)c(B)c(B)c(B)c32)cc(-c2nc(-c3ccc(-c4cccc(-c5cccc(-c6ccccc6)c5)c4)cc3)nc(-c3c(B)c(B)c(B)c4c3sc3c(B)c(B)c(B)c(B)c34)n2)c1B. The van der Waals surface area contributed by atoms with Crippen LogP contribution in [0.25, 0.3) is 115 Å². The van der Waals surface area contributed by atoms with E-state index in [1.807, 2.05) is 11.3 Å². The Morgan fingerprint density at radius 3 is 1.24 bits per heavy atom. The minimum Gasteiger partial charge on any atom is -0.310 e. The Bertz CT molecular complexity index is 4560. The summed E-state index contributed by atoms with van der Waals surface area (Å²) in [7, 11) is 38.9. The Labute approximate surface area is 484 Å². The fourth-order valence-electron chi connectivity index (χ4n) is 12.9. The average Bonchev–Trinajstić information content (AvgIpc) is 4.06. The second-order valence-corrected chi connectivity index (χ2v) is 23.9. The molecule has 12 rings (SSSR count). The minimum absolute atomic E-state index is 0.651. The van der Waals surface area contributed by atoms with E-state index in [0.29, 0.717) is 17.5 Å². The number of nitrogens with zero attached hydrogens (tertiary/aromatic N) is 4. The van der Waals surface area contributed by atoms with Crippen LogP contribution in [0.4, 0.5) is 0 Å². The molecule has 22 heteroatoms. The Morgan fingerprint density at radius 1 is 0.291 bits per heavy atom. The van der Waals surface area contributed by atoms with Crippen LogP contribution in [0.2, 0.25) is 0 Å². The van der Waals surface area contributed by atoms with Crippen molar-refractivity contribution < 1.29 is 0 Å². The summed E-state index contributed by atoms with van der Waals surface area (Å²) in [5, 5.41) is 5.38. The van der Waals surface area contributed by atoms with Crippen molar-refractivity contribution in [2.75, 3.05) is 0 Å². The van der Waals surface area contributed by atoms with E-state index in [9.17, 15) is 0 Å². The van der Waals surface area contributed by atoms with Crippen molar-refractivity contribution >= 4 is 280 Å². The lowest BCUT2D eigenvalue weighted by molar-refractivity contribution is 1.08. The highest BCUT2D eigenvalue weighted by molar-refractivity contribution is 7.28. The van der Waals surface area contributed by atoms with Gasteiger partial charge in [0, 0.05) is 42.8 Å². The van der Waals surface area contributed by atoms with E-state index in [-0.39, 0.29) is 0 Å². The first kappa shape index (κ1) is 52.8. The molecule has 0 saturated heterocycles. The molecule has 0 N–H and O–H groups in total. The maximum absolute atomic E-state index is 5.70. The van der Waals surface area contributed by atoms with Crippen molar-refractivity contribution in [3.8, 4) is 73.2 Å². The van der Waals surface area contributed by atoms with Gasteiger partial charge >= 0.3 is 0 Å². The summed E-state index contributed by atoms with van der Waals surface area (Å²) in [6.07, 6.45) is 0. The van der Waals surface area contributed by atoms with E-state index in [4.69, 9.17) is 15.0 Å². The van der Waals surface area contributed by atoms with Gasteiger partial charge in [-0.05, 0) is 79.2 Å². The van der Waals surface area contributed by atoms with E-state index < -0.39 is 0 Å². The Kier molecular flexibility index (Phi) is 13.2. The summed E-state index contributed by atoms with van der Waals surface area (Å²) >= 11 is 1.90. The topological polar surface area (TPSA) is 43.6 Å². The van der Waals surface area contributed by atoms with Crippen LogP contribution in [-0.2, 0) is 0 Å². The summed E-state index contributed by atoms with van der Waals surface area (Å²) in [6, 6.07) is 41.9. The molecule has 0 bridgehead atoms. The van der Waals surface area contributed by atoms with Gasteiger partial charge in [0.05, 0.1) is 0 Å². The van der Waals surface area contributed by atoms with Gasteiger partial charge in [-0.25, -0.2) is 15.0 Å². The fourth-order valence-corrected chi connectivity index (χ4v) is 14.4. The molecule has 0 spiro atoms. The lowest BCUT2D eigenvalue weighted by Gasteiger charge is -2.20. The maximum Gasteiger partial charge on any atom is 0.164 e. The predicted octanol–water partition coefficient (Wildman–Crippen LogP) is -14.3. The fraction of sp³-hybridized carbons (Fsp3) is 0. The van der Waals surface area contributed by atoms with Crippen molar-refractivity contribution in [1.29, 1.82) is 0 Å². The normalized spacial score (nSPS) is 11.6. The van der Waals surface area contributed by atoms with E-state index in [1.54, 1.807) is 0 Å². The molecule has 0 fully saturated rings. The van der Waals surface area contributed by atoms with Crippen molar-refractivity contribution in [2.24, 2.45) is 0 Å². The molecule has 0 amide bonds. The lowest BCUT2D eigenvalue weighted by Crippen LogP contribution is -2.49. The number of thiophene rings is 1. The standard InChI is InChI=1S/C57H53B17N4S/c58-29-19-27(78-51-30(36(60)42(66)45(69)48(51)72)31-37(61)43(67)46(70)49(73)52(31)78)18-28(35(29)59)56-75-55(76-57(77-56)34-40(64)41(65)38(62)32-33-39(63)44(68)47(71)50(74)54(33)79-53(32)34)22-14-12-21(13-15-22)24-9-5-11-26(17-24)25-10-4-8-23(16-25)20-6-2-1-3-7-20/h1-19H,58-74H2. The first-order valence-corrected chi connectivity index (χ1v) is 28.8. The number of rotatable bonds is 7. The van der Waals surface area contributed by atoms with Crippen LogP contribution in [0.5, 0.6) is 0 Å². The molecule has 0 aliphatic heterocycles. The molecule has 3 heterocycles. The molecular weight excluding hydrogens is 957 g/mol. The first-order valence-electron chi connectivity index (χ1n) is 28.0. The lowest BCUT2D eigenvalue weighted by atomic mass is 9.63. The van der Waals surface area contributed by atoms with Crippen LogP contribution in [0.15, 0.2) is 115 Å². The van der Waals surface area contributed by atoms with Gasteiger partial charge in [-0.15, -0.1) is 33.2 Å². The number of benzene rings is 9. The molecule has 0 unspecified atom stereocenters. The van der Waals surface area contributed by atoms with Crippen LogP contribution in [0.3, 0.4) is 0 Å². The number of fused-ring (bicyclic) bond motifs is 6. The predicted molar refractivity (Wildman–Crippen MR) is 399 cm³/mol. The maximum atomic E-state index is 5.70. The van der Waals surface area contributed by atoms with Crippen LogP contribution in [-0.4, -0.2) is 153 Å². The van der Waals surface area contributed by atoms with Gasteiger partial charge in [0.1, 0.15) is 133 Å². The summed E-state index contributed by atoms with van der Waals surface area (Å²) in [5.41, 5.74) is 36.1. The summed E-state index contributed by atoms with van der Waals surface area (Å²) in [6.45, 7) is 0. The number of aromatic nitrogens is 4. The zero-order chi connectivity index (χ0) is 55.8. The van der Waals surface area contributed by atoms with Crippen molar-refractivity contribution in [3.05, 3.63) is 115 Å². The van der Waals surface area contributed by atoms with E-state index in [1.165, 1.54) is 152 Å². The van der Waals surface area contributed by atoms with Gasteiger partial charge in [-0.1, -0.05) is 162 Å². The van der Waals surface area contributed by atoms with Crippen LogP contribution < -0.4 is 92.9 Å². The van der Waals surface area contributed by atoms with Gasteiger partial charge in [0.25, 0.3) is 0 Å². The second-order valence-electron chi connectivity index (χ2n) is 22.9. The summed E-state index contributed by atoms with van der Waals surface area (Å²) in [5.74, 6) is 2.02. The highest BCUT2D eigenvalue weighted by Gasteiger charge is 2.27. The number of hydrogen-bond acceptors (Lipinski definition) is 4. The highest BCUT2D eigenvalue weighted by atomic mass is 32.1.